The molecule has 0 amide bonds. The van der Waals surface area contributed by atoms with Crippen molar-refractivity contribution in [2.45, 2.75) is 45.2 Å². The normalized spacial score (nSPS) is 22.6. The largest absolute Gasteiger partial charge is 0.351 e. The number of nitrogens with two attached hydrogens (primary N) is 1. The summed E-state index contributed by atoms with van der Waals surface area (Å²) in [7, 11) is 0. The molecule has 2 N–H and O–H groups in total. The van der Waals surface area contributed by atoms with Crippen LogP contribution in [-0.2, 0) is 0 Å². The van der Waals surface area contributed by atoms with Gasteiger partial charge in [0.05, 0.1) is 4.47 Å². The van der Waals surface area contributed by atoms with E-state index in [0.29, 0.717) is 6.04 Å². The summed E-state index contributed by atoms with van der Waals surface area (Å²) in [5.74, 6) is 1.04. The van der Waals surface area contributed by atoms with Crippen LogP contribution in [0.1, 0.15) is 31.7 Å². The van der Waals surface area contributed by atoms with Gasteiger partial charge in [0.1, 0.15) is 5.82 Å². The maximum atomic E-state index is 6.09. The lowest BCUT2D eigenvalue weighted by Crippen LogP contribution is -2.49. The first-order valence-electron chi connectivity index (χ1n) is 6.24. The fraction of sp³-hybridized carbons (Fsp3) is 0.615. The van der Waals surface area contributed by atoms with E-state index in [1.54, 1.807) is 0 Å². The molecule has 0 radical (unpaired) electrons. The van der Waals surface area contributed by atoms with Crippen LogP contribution in [-0.4, -0.2) is 23.6 Å². The van der Waals surface area contributed by atoms with E-state index in [9.17, 15) is 0 Å². The van der Waals surface area contributed by atoms with E-state index in [1.807, 2.05) is 6.20 Å². The molecule has 1 saturated heterocycles. The van der Waals surface area contributed by atoms with Gasteiger partial charge in [-0.05, 0) is 60.7 Å². The standard InChI is InChI=1S/C13H20BrN3/c1-9-7-11(14)13(16-8-9)17-6-4-3-5-12(17)10(2)15/h7-8,10,12H,3-6,15H2,1-2H3. The number of aryl methyl sites for hydroxylation is 1. The first-order chi connectivity index (χ1) is 8.09. The number of hydrogen-bond acceptors (Lipinski definition) is 3. The zero-order valence-corrected chi connectivity index (χ0v) is 12.1. The van der Waals surface area contributed by atoms with Crippen LogP contribution in [0.25, 0.3) is 0 Å². The highest BCUT2D eigenvalue weighted by Crippen LogP contribution is 2.30. The summed E-state index contributed by atoms with van der Waals surface area (Å²) in [5, 5.41) is 0. The van der Waals surface area contributed by atoms with Crippen LogP contribution in [0.2, 0.25) is 0 Å². The Morgan fingerprint density at radius 3 is 2.94 bits per heavy atom. The van der Waals surface area contributed by atoms with E-state index in [1.165, 1.54) is 24.8 Å². The summed E-state index contributed by atoms with van der Waals surface area (Å²) < 4.78 is 1.07. The molecule has 1 aromatic rings. The van der Waals surface area contributed by atoms with Crippen LogP contribution in [0.3, 0.4) is 0 Å². The topological polar surface area (TPSA) is 42.2 Å². The molecule has 2 unspecified atom stereocenters. The number of piperidine rings is 1. The zero-order valence-electron chi connectivity index (χ0n) is 10.5. The predicted octanol–water partition coefficient (Wildman–Crippen LogP) is 2.86. The molecule has 2 heterocycles. The van der Waals surface area contributed by atoms with Crippen LogP contribution >= 0.6 is 15.9 Å². The van der Waals surface area contributed by atoms with Crippen LogP contribution in [0, 0.1) is 6.92 Å². The average Bonchev–Trinajstić information content (AvgIpc) is 2.29. The number of rotatable bonds is 2. The van der Waals surface area contributed by atoms with Crippen molar-refractivity contribution in [1.82, 2.24) is 4.98 Å². The molecule has 1 aromatic heterocycles. The SMILES string of the molecule is Cc1cnc(N2CCCCC2C(C)N)c(Br)c1. The molecule has 1 fully saturated rings. The predicted molar refractivity (Wildman–Crippen MR) is 75.3 cm³/mol. The Balaban J connectivity index is 2.29. The fourth-order valence-corrected chi connectivity index (χ4v) is 3.20. The number of aromatic nitrogens is 1. The number of hydrogen-bond donors (Lipinski definition) is 1. The summed E-state index contributed by atoms with van der Waals surface area (Å²) in [6.45, 7) is 5.20. The van der Waals surface area contributed by atoms with Crippen molar-refractivity contribution in [1.29, 1.82) is 0 Å². The summed E-state index contributed by atoms with van der Waals surface area (Å²) in [6, 6.07) is 2.72. The van der Waals surface area contributed by atoms with E-state index in [4.69, 9.17) is 5.73 Å². The second-order valence-electron chi connectivity index (χ2n) is 4.93. The van der Waals surface area contributed by atoms with Gasteiger partial charge in [-0.3, -0.25) is 0 Å². The molecule has 94 valence electrons. The lowest BCUT2D eigenvalue weighted by Gasteiger charge is -2.39. The maximum Gasteiger partial charge on any atom is 0.143 e. The molecule has 0 spiro atoms. The Kier molecular flexibility index (Phi) is 4.05. The monoisotopic (exact) mass is 297 g/mol. The summed E-state index contributed by atoms with van der Waals surface area (Å²) in [5.41, 5.74) is 7.27. The summed E-state index contributed by atoms with van der Waals surface area (Å²) in [6.07, 6.45) is 5.59. The van der Waals surface area contributed by atoms with Crippen molar-refractivity contribution < 1.29 is 0 Å². The number of anilines is 1. The number of halogens is 1. The second kappa shape index (κ2) is 5.36. The highest BCUT2D eigenvalue weighted by molar-refractivity contribution is 9.10. The summed E-state index contributed by atoms with van der Waals surface area (Å²) >= 11 is 3.61. The Labute approximate surface area is 112 Å². The van der Waals surface area contributed by atoms with Crippen LogP contribution < -0.4 is 10.6 Å². The van der Waals surface area contributed by atoms with E-state index >= 15 is 0 Å². The second-order valence-corrected chi connectivity index (χ2v) is 5.79. The van der Waals surface area contributed by atoms with Crippen LogP contribution in [0.4, 0.5) is 5.82 Å². The molecule has 3 nitrogen and oxygen atoms in total. The van der Waals surface area contributed by atoms with E-state index < -0.39 is 0 Å². The van der Waals surface area contributed by atoms with Crippen molar-refractivity contribution in [3.05, 3.63) is 22.3 Å². The van der Waals surface area contributed by atoms with Gasteiger partial charge in [0.2, 0.25) is 0 Å². The van der Waals surface area contributed by atoms with Crippen molar-refractivity contribution in [3.63, 3.8) is 0 Å². The molecule has 2 rings (SSSR count). The first-order valence-corrected chi connectivity index (χ1v) is 7.03. The number of nitrogens with zero attached hydrogens (tertiary/aromatic N) is 2. The fourth-order valence-electron chi connectivity index (χ4n) is 2.50. The lowest BCUT2D eigenvalue weighted by molar-refractivity contribution is 0.410. The van der Waals surface area contributed by atoms with Crippen molar-refractivity contribution in [3.8, 4) is 0 Å². The van der Waals surface area contributed by atoms with Crippen molar-refractivity contribution >= 4 is 21.7 Å². The Bertz CT molecular complexity index is 392. The van der Waals surface area contributed by atoms with Gasteiger partial charge in [0, 0.05) is 24.8 Å². The van der Waals surface area contributed by atoms with Crippen molar-refractivity contribution in [2.24, 2.45) is 5.73 Å². The van der Waals surface area contributed by atoms with Gasteiger partial charge >= 0.3 is 0 Å². The Hall–Kier alpha value is -0.610. The minimum absolute atomic E-state index is 0.185. The third kappa shape index (κ3) is 2.80. The van der Waals surface area contributed by atoms with Crippen LogP contribution in [0.15, 0.2) is 16.7 Å². The molecule has 1 aliphatic rings. The molecular formula is C13H20BrN3. The molecular weight excluding hydrogens is 278 g/mol. The minimum Gasteiger partial charge on any atom is -0.351 e. The maximum absolute atomic E-state index is 6.09. The van der Waals surface area contributed by atoms with Gasteiger partial charge in [-0.25, -0.2) is 4.98 Å². The minimum atomic E-state index is 0.185. The zero-order chi connectivity index (χ0) is 12.4. The lowest BCUT2D eigenvalue weighted by atomic mass is 9.97. The van der Waals surface area contributed by atoms with E-state index in [-0.39, 0.29) is 6.04 Å². The van der Waals surface area contributed by atoms with Gasteiger partial charge in [-0.15, -0.1) is 0 Å². The Morgan fingerprint density at radius 2 is 2.29 bits per heavy atom. The first kappa shape index (κ1) is 12.8. The smallest absolute Gasteiger partial charge is 0.143 e. The molecule has 4 heteroatoms. The molecule has 0 bridgehead atoms. The van der Waals surface area contributed by atoms with Gasteiger partial charge in [-0.1, -0.05) is 0 Å². The van der Waals surface area contributed by atoms with Gasteiger partial charge in [0.25, 0.3) is 0 Å². The average molecular weight is 298 g/mol. The Morgan fingerprint density at radius 1 is 1.53 bits per heavy atom. The van der Waals surface area contributed by atoms with E-state index in [2.05, 4.69) is 45.7 Å². The third-order valence-electron chi connectivity index (χ3n) is 3.39. The highest BCUT2D eigenvalue weighted by atomic mass is 79.9. The van der Waals surface area contributed by atoms with Gasteiger partial charge in [-0.2, -0.15) is 0 Å². The quantitative estimate of drug-likeness (QED) is 0.913. The third-order valence-corrected chi connectivity index (χ3v) is 3.97. The molecule has 0 aliphatic carbocycles. The molecule has 17 heavy (non-hydrogen) atoms. The van der Waals surface area contributed by atoms with Gasteiger partial charge < -0.3 is 10.6 Å². The molecule has 1 aliphatic heterocycles. The van der Waals surface area contributed by atoms with Crippen LogP contribution in [0.5, 0.6) is 0 Å². The highest BCUT2D eigenvalue weighted by Gasteiger charge is 2.27. The molecule has 0 saturated carbocycles. The summed E-state index contributed by atoms with van der Waals surface area (Å²) in [4.78, 5) is 6.92. The molecule has 2 atom stereocenters. The number of pyridine rings is 1. The molecule has 0 aromatic carbocycles. The van der Waals surface area contributed by atoms with E-state index in [0.717, 1.165) is 16.8 Å². The van der Waals surface area contributed by atoms with Gasteiger partial charge in [0.15, 0.2) is 0 Å². The van der Waals surface area contributed by atoms with Crippen molar-refractivity contribution in [2.75, 3.05) is 11.4 Å².